The molecule has 214 valence electrons. The van der Waals surface area contributed by atoms with Gasteiger partial charge < -0.3 is 10.2 Å². The van der Waals surface area contributed by atoms with Gasteiger partial charge in [0.25, 0.3) is 0 Å². The molecule has 0 bridgehead atoms. The maximum Gasteiger partial charge on any atom is 0.244 e. The zero-order valence-electron chi connectivity index (χ0n) is 22.9. The fourth-order valence-corrected chi connectivity index (χ4v) is 5.58. The number of unbranched alkanes of at least 4 members (excludes halogenated alkanes) is 1. The molecule has 3 aromatic carbocycles. The molecule has 0 unspecified atom stereocenters. The summed E-state index contributed by atoms with van der Waals surface area (Å²) in [6, 6.07) is 20.4. The number of sulfonamides is 1. The summed E-state index contributed by atoms with van der Waals surface area (Å²) in [6.07, 6.45) is 2.97. The van der Waals surface area contributed by atoms with E-state index in [1.54, 1.807) is 43.3 Å². The van der Waals surface area contributed by atoms with E-state index >= 15 is 0 Å². The van der Waals surface area contributed by atoms with Crippen molar-refractivity contribution in [3.63, 3.8) is 0 Å². The van der Waals surface area contributed by atoms with Crippen LogP contribution in [-0.2, 0) is 32.6 Å². The molecule has 0 fully saturated rings. The lowest BCUT2D eigenvalue weighted by molar-refractivity contribution is -0.140. The van der Waals surface area contributed by atoms with Crippen molar-refractivity contribution in [1.82, 2.24) is 10.2 Å². The van der Waals surface area contributed by atoms with Gasteiger partial charge >= 0.3 is 0 Å². The van der Waals surface area contributed by atoms with E-state index in [0.29, 0.717) is 33.4 Å². The van der Waals surface area contributed by atoms with Gasteiger partial charge in [-0.05, 0) is 48.2 Å². The molecule has 3 aromatic rings. The molecule has 3 rings (SSSR count). The number of halogens is 2. The van der Waals surface area contributed by atoms with Gasteiger partial charge in [-0.15, -0.1) is 0 Å². The van der Waals surface area contributed by atoms with Crippen molar-refractivity contribution >= 4 is 50.7 Å². The highest BCUT2D eigenvalue weighted by atomic mass is 35.5. The zero-order valence-corrected chi connectivity index (χ0v) is 25.3. The number of amides is 2. The lowest BCUT2D eigenvalue weighted by atomic mass is 10.0. The molecular weight excluding hydrogens is 569 g/mol. The molecule has 40 heavy (non-hydrogen) atoms. The van der Waals surface area contributed by atoms with Gasteiger partial charge in [-0.1, -0.05) is 91.1 Å². The van der Waals surface area contributed by atoms with E-state index in [0.717, 1.165) is 29.0 Å². The van der Waals surface area contributed by atoms with E-state index < -0.39 is 28.5 Å². The van der Waals surface area contributed by atoms with E-state index in [-0.39, 0.29) is 18.9 Å². The molecule has 0 spiro atoms. The maximum absolute atomic E-state index is 14.1. The second kappa shape index (κ2) is 14.5. The highest BCUT2D eigenvalue weighted by Gasteiger charge is 2.33. The Bertz CT molecular complexity index is 1420. The summed E-state index contributed by atoms with van der Waals surface area (Å²) in [5, 5.41) is 3.74. The average molecular weight is 605 g/mol. The Labute approximate surface area is 247 Å². The standard InChI is InChI=1S/C30H35Cl2N3O4S/c1-4-5-17-33-30(37)28(18-23-11-7-6-8-12-23)34(20-24-13-9-10-14-26(24)32)29(36)21-35(40(3,38)39)27-19-25(31)16-15-22(27)2/h6-16,19,28H,4-5,17-18,20-21H2,1-3H3,(H,33,37)/t28-/m1/s1. The summed E-state index contributed by atoms with van der Waals surface area (Å²) in [7, 11) is -3.89. The summed E-state index contributed by atoms with van der Waals surface area (Å²) < 4.78 is 26.9. The first-order chi connectivity index (χ1) is 19.0. The molecule has 0 saturated carbocycles. The number of nitrogens with zero attached hydrogens (tertiary/aromatic N) is 2. The van der Waals surface area contributed by atoms with E-state index in [1.165, 1.54) is 11.0 Å². The van der Waals surface area contributed by atoms with Crippen molar-refractivity contribution in [1.29, 1.82) is 0 Å². The van der Waals surface area contributed by atoms with Gasteiger partial charge in [0.05, 0.1) is 11.9 Å². The predicted molar refractivity (Wildman–Crippen MR) is 162 cm³/mol. The van der Waals surface area contributed by atoms with Crippen LogP contribution in [0.25, 0.3) is 0 Å². The second-order valence-electron chi connectivity index (χ2n) is 9.66. The Balaban J connectivity index is 2.07. The quantitative estimate of drug-likeness (QED) is 0.257. The first kappa shape index (κ1) is 31.5. The van der Waals surface area contributed by atoms with Crippen LogP contribution in [0, 0.1) is 6.92 Å². The third kappa shape index (κ3) is 8.71. The number of hydrogen-bond acceptors (Lipinski definition) is 4. The van der Waals surface area contributed by atoms with Crippen LogP contribution in [0.2, 0.25) is 10.0 Å². The van der Waals surface area contributed by atoms with Crippen LogP contribution >= 0.6 is 23.2 Å². The molecule has 1 atom stereocenters. The van der Waals surface area contributed by atoms with Crippen molar-refractivity contribution in [2.24, 2.45) is 0 Å². The number of rotatable bonds is 13. The molecule has 7 nitrogen and oxygen atoms in total. The summed E-state index contributed by atoms with van der Waals surface area (Å²) in [5.74, 6) is -0.862. The summed E-state index contributed by atoms with van der Waals surface area (Å²) >= 11 is 12.7. The first-order valence-electron chi connectivity index (χ1n) is 13.1. The number of hydrogen-bond donors (Lipinski definition) is 1. The van der Waals surface area contributed by atoms with Gasteiger partial charge in [0.15, 0.2) is 0 Å². The van der Waals surface area contributed by atoms with Gasteiger partial charge in [-0.25, -0.2) is 8.42 Å². The van der Waals surface area contributed by atoms with E-state index in [1.807, 2.05) is 37.3 Å². The lowest BCUT2D eigenvalue weighted by Crippen LogP contribution is -2.53. The fourth-order valence-electron chi connectivity index (χ4n) is 4.32. The summed E-state index contributed by atoms with van der Waals surface area (Å²) in [4.78, 5) is 29.1. The Kier molecular flexibility index (Phi) is 11.4. The predicted octanol–water partition coefficient (Wildman–Crippen LogP) is 5.62. The SMILES string of the molecule is CCCCNC(=O)[C@@H](Cc1ccccc1)N(Cc1ccccc1Cl)C(=O)CN(c1cc(Cl)ccc1C)S(C)(=O)=O. The third-order valence-corrected chi connectivity index (χ3v) is 8.25. The van der Waals surface area contributed by atoms with Crippen LogP contribution in [0.3, 0.4) is 0 Å². The lowest BCUT2D eigenvalue weighted by Gasteiger charge is -2.34. The molecule has 0 aliphatic carbocycles. The van der Waals surface area contributed by atoms with Crippen molar-refractivity contribution in [2.45, 2.75) is 45.7 Å². The minimum atomic E-state index is -3.89. The Morgan fingerprint density at radius 3 is 2.30 bits per heavy atom. The van der Waals surface area contributed by atoms with Gasteiger partial charge in [0.2, 0.25) is 21.8 Å². The Morgan fingerprint density at radius 2 is 1.65 bits per heavy atom. The Morgan fingerprint density at radius 1 is 0.975 bits per heavy atom. The Hall–Kier alpha value is -3.07. The largest absolute Gasteiger partial charge is 0.354 e. The smallest absolute Gasteiger partial charge is 0.244 e. The molecular formula is C30H35Cl2N3O4S. The van der Waals surface area contributed by atoms with Crippen molar-refractivity contribution in [3.8, 4) is 0 Å². The van der Waals surface area contributed by atoms with Crippen molar-refractivity contribution in [2.75, 3.05) is 23.7 Å². The molecule has 0 radical (unpaired) electrons. The van der Waals surface area contributed by atoms with Crippen LogP contribution in [0.4, 0.5) is 5.69 Å². The number of aryl methyl sites for hydroxylation is 1. The number of anilines is 1. The molecule has 1 N–H and O–H groups in total. The van der Waals surface area contributed by atoms with Gasteiger partial charge in [-0.3, -0.25) is 13.9 Å². The minimum Gasteiger partial charge on any atom is -0.354 e. The van der Waals surface area contributed by atoms with Crippen LogP contribution in [0.15, 0.2) is 72.8 Å². The molecule has 2 amide bonds. The zero-order chi connectivity index (χ0) is 29.3. The van der Waals surface area contributed by atoms with Crippen LogP contribution in [-0.4, -0.2) is 50.5 Å². The van der Waals surface area contributed by atoms with Gasteiger partial charge in [0.1, 0.15) is 12.6 Å². The highest BCUT2D eigenvalue weighted by molar-refractivity contribution is 7.92. The normalized spacial score (nSPS) is 12.0. The first-order valence-corrected chi connectivity index (χ1v) is 15.7. The van der Waals surface area contributed by atoms with Crippen LogP contribution in [0.1, 0.15) is 36.5 Å². The maximum atomic E-state index is 14.1. The second-order valence-corrected chi connectivity index (χ2v) is 12.4. The fraction of sp³-hybridized carbons (Fsp3) is 0.333. The van der Waals surface area contributed by atoms with E-state index in [2.05, 4.69) is 5.32 Å². The highest BCUT2D eigenvalue weighted by Crippen LogP contribution is 2.27. The third-order valence-electron chi connectivity index (χ3n) is 6.52. The number of benzene rings is 3. The average Bonchev–Trinajstić information content (AvgIpc) is 2.91. The molecule has 0 heterocycles. The number of nitrogens with one attached hydrogen (secondary N) is 1. The molecule has 0 aliphatic rings. The topological polar surface area (TPSA) is 86.8 Å². The molecule has 0 aromatic heterocycles. The van der Waals surface area contributed by atoms with E-state index in [4.69, 9.17) is 23.2 Å². The van der Waals surface area contributed by atoms with Crippen molar-refractivity contribution < 1.29 is 18.0 Å². The number of carbonyl (C=O) groups excluding carboxylic acids is 2. The molecule has 10 heteroatoms. The summed E-state index contributed by atoms with van der Waals surface area (Å²) in [6.45, 7) is 3.74. The van der Waals surface area contributed by atoms with Gasteiger partial charge in [-0.2, -0.15) is 0 Å². The molecule has 0 saturated heterocycles. The monoisotopic (exact) mass is 603 g/mol. The summed E-state index contributed by atoms with van der Waals surface area (Å²) in [5.41, 5.74) is 2.44. The van der Waals surface area contributed by atoms with Crippen LogP contribution in [0.5, 0.6) is 0 Å². The van der Waals surface area contributed by atoms with E-state index in [9.17, 15) is 18.0 Å². The van der Waals surface area contributed by atoms with Crippen LogP contribution < -0.4 is 9.62 Å². The minimum absolute atomic E-state index is 0.0172. The molecule has 0 aliphatic heterocycles. The number of carbonyl (C=O) groups is 2. The van der Waals surface area contributed by atoms with Gasteiger partial charge in [0, 0.05) is 29.6 Å². The van der Waals surface area contributed by atoms with Crippen molar-refractivity contribution in [3.05, 3.63) is 99.5 Å².